The summed E-state index contributed by atoms with van der Waals surface area (Å²) >= 11 is 0. The largest absolute Gasteiger partial charge is 0.488 e. The first-order chi connectivity index (χ1) is 16.1. The smallest absolute Gasteiger partial charge is 0.137 e. The Kier molecular flexibility index (Phi) is 7.43. The third kappa shape index (κ3) is 6.71. The third-order valence-corrected chi connectivity index (χ3v) is 5.85. The maximum absolute atomic E-state index is 6.00. The molecule has 0 radical (unpaired) electrons. The fourth-order valence-electron chi connectivity index (χ4n) is 3.68. The fourth-order valence-corrected chi connectivity index (χ4v) is 3.68. The molecule has 168 valence electrons. The second kappa shape index (κ2) is 10.8. The van der Waals surface area contributed by atoms with Gasteiger partial charge in [-0.3, -0.25) is 0 Å². The molecule has 33 heavy (non-hydrogen) atoms. The molecule has 0 bridgehead atoms. The molecule has 0 fully saturated rings. The molecule has 0 saturated carbocycles. The van der Waals surface area contributed by atoms with Crippen molar-refractivity contribution in [1.82, 2.24) is 0 Å². The summed E-state index contributed by atoms with van der Waals surface area (Å²) in [7, 11) is 4.42. The lowest BCUT2D eigenvalue weighted by Gasteiger charge is -2.29. The van der Waals surface area contributed by atoms with Crippen LogP contribution in [0.1, 0.15) is 0 Å². The summed E-state index contributed by atoms with van der Waals surface area (Å²) in [5.41, 5.74) is 4.84. The molecule has 0 amide bonds. The molecule has 3 heteroatoms. The van der Waals surface area contributed by atoms with Crippen LogP contribution < -0.4 is 9.47 Å². The highest BCUT2D eigenvalue weighted by Crippen LogP contribution is 2.23. The van der Waals surface area contributed by atoms with Crippen LogP contribution in [-0.2, 0) is 0 Å². The molecule has 0 aromatic heterocycles. The van der Waals surface area contributed by atoms with Crippen molar-refractivity contribution in [2.24, 2.45) is 0 Å². The molecule has 0 heterocycles. The molecular weight excluding hydrogens is 406 g/mol. The van der Waals surface area contributed by atoms with E-state index in [1.54, 1.807) is 0 Å². The molecule has 4 aromatic carbocycles. The highest BCUT2D eigenvalue weighted by atomic mass is 16.5. The quantitative estimate of drug-likeness (QED) is 0.261. The van der Waals surface area contributed by atoms with Crippen molar-refractivity contribution >= 4 is 0 Å². The predicted molar refractivity (Wildman–Crippen MR) is 137 cm³/mol. The van der Waals surface area contributed by atoms with E-state index in [-0.39, 0.29) is 0 Å². The molecule has 0 aliphatic heterocycles. The van der Waals surface area contributed by atoms with Crippen LogP contribution in [0.3, 0.4) is 0 Å². The van der Waals surface area contributed by atoms with Crippen LogP contribution in [0.5, 0.6) is 11.5 Å². The summed E-state index contributed by atoms with van der Waals surface area (Å²) in [5, 5.41) is 0. The van der Waals surface area contributed by atoms with Gasteiger partial charge >= 0.3 is 0 Å². The average molecular weight is 439 g/mol. The first-order valence-electron chi connectivity index (χ1n) is 11.5. The lowest BCUT2D eigenvalue weighted by Crippen LogP contribution is -2.45. The Hall–Kier alpha value is -3.56. The minimum Gasteiger partial charge on any atom is -0.488 e. The normalized spacial score (nSPS) is 11.2. The van der Waals surface area contributed by atoms with Crippen molar-refractivity contribution in [3.8, 4) is 33.8 Å². The Bertz CT molecular complexity index is 1010. The number of ether oxygens (including phenoxy) is 2. The van der Waals surface area contributed by atoms with Gasteiger partial charge < -0.3 is 14.0 Å². The number of quaternary nitrogens is 1. The van der Waals surface area contributed by atoms with E-state index in [4.69, 9.17) is 9.47 Å². The van der Waals surface area contributed by atoms with E-state index in [0.29, 0.717) is 13.2 Å². The van der Waals surface area contributed by atoms with E-state index in [0.717, 1.165) is 29.1 Å². The van der Waals surface area contributed by atoms with Gasteiger partial charge in [-0.25, -0.2) is 0 Å². The van der Waals surface area contributed by atoms with Gasteiger partial charge in [0.2, 0.25) is 0 Å². The van der Waals surface area contributed by atoms with Gasteiger partial charge in [-0.05, 0) is 46.5 Å². The van der Waals surface area contributed by atoms with Gasteiger partial charge in [0.1, 0.15) is 37.8 Å². The van der Waals surface area contributed by atoms with Crippen LogP contribution >= 0.6 is 0 Å². The SMILES string of the molecule is C[N+](C)(CCOc1ccc(-c2ccccc2)cc1)CCOc1ccc(-c2ccccc2)cc1. The number of hydrogen-bond donors (Lipinski definition) is 0. The van der Waals surface area contributed by atoms with Gasteiger partial charge in [-0.2, -0.15) is 0 Å². The minimum absolute atomic E-state index is 0.670. The lowest BCUT2D eigenvalue weighted by atomic mass is 10.1. The standard InChI is InChI=1S/C30H32NO2/c1-31(2,21-23-32-29-17-13-27(14-18-29)25-9-5-3-6-10-25)22-24-33-30-19-15-28(16-20-30)26-11-7-4-8-12-26/h3-20H,21-24H2,1-2H3/q+1. The third-order valence-electron chi connectivity index (χ3n) is 5.85. The first kappa shape index (κ1) is 22.6. The Morgan fingerprint density at radius 2 is 0.788 bits per heavy atom. The van der Waals surface area contributed by atoms with Crippen LogP contribution in [0, 0.1) is 0 Å². The number of hydrogen-bond acceptors (Lipinski definition) is 2. The summed E-state index contributed by atoms with van der Waals surface area (Å²) in [6.07, 6.45) is 0. The summed E-state index contributed by atoms with van der Waals surface area (Å²) in [6, 6.07) is 37.4. The number of benzene rings is 4. The monoisotopic (exact) mass is 438 g/mol. The average Bonchev–Trinajstić information content (AvgIpc) is 2.86. The highest BCUT2D eigenvalue weighted by molar-refractivity contribution is 5.64. The molecule has 0 spiro atoms. The van der Waals surface area contributed by atoms with Crippen molar-refractivity contribution in [1.29, 1.82) is 0 Å². The molecule has 0 atom stereocenters. The zero-order valence-electron chi connectivity index (χ0n) is 19.5. The summed E-state index contributed by atoms with van der Waals surface area (Å²) in [4.78, 5) is 0. The zero-order valence-corrected chi connectivity index (χ0v) is 19.5. The van der Waals surface area contributed by atoms with Gasteiger partial charge in [-0.15, -0.1) is 0 Å². The van der Waals surface area contributed by atoms with E-state index >= 15 is 0 Å². The molecule has 0 saturated heterocycles. The van der Waals surface area contributed by atoms with Crippen LogP contribution in [-0.4, -0.2) is 44.9 Å². The minimum atomic E-state index is 0.670. The highest BCUT2D eigenvalue weighted by Gasteiger charge is 2.15. The second-order valence-corrected chi connectivity index (χ2v) is 8.86. The number of rotatable bonds is 10. The van der Waals surface area contributed by atoms with Gasteiger partial charge in [-0.1, -0.05) is 84.9 Å². The number of likely N-dealkylation sites (N-methyl/N-ethyl adjacent to an activating group) is 1. The van der Waals surface area contributed by atoms with Crippen LogP contribution in [0.25, 0.3) is 22.3 Å². The summed E-state index contributed by atoms with van der Waals surface area (Å²) < 4.78 is 12.8. The fraction of sp³-hybridized carbons (Fsp3) is 0.200. The number of nitrogens with zero attached hydrogens (tertiary/aromatic N) is 1. The maximum atomic E-state index is 6.00. The molecular formula is C30H32NO2+. The van der Waals surface area contributed by atoms with E-state index in [1.165, 1.54) is 22.3 Å². The lowest BCUT2D eigenvalue weighted by molar-refractivity contribution is -0.890. The van der Waals surface area contributed by atoms with Crippen molar-refractivity contribution < 1.29 is 14.0 Å². The first-order valence-corrected chi connectivity index (χ1v) is 11.5. The van der Waals surface area contributed by atoms with Gasteiger partial charge in [0.15, 0.2) is 0 Å². The van der Waals surface area contributed by atoms with Crippen LogP contribution in [0.2, 0.25) is 0 Å². The van der Waals surface area contributed by atoms with E-state index in [2.05, 4.69) is 86.9 Å². The summed E-state index contributed by atoms with van der Waals surface area (Å²) in [5.74, 6) is 1.81. The Labute approximate surface area is 197 Å². The van der Waals surface area contributed by atoms with Crippen molar-refractivity contribution in [2.45, 2.75) is 0 Å². The van der Waals surface area contributed by atoms with Gasteiger partial charge in [0.05, 0.1) is 14.1 Å². The Balaban J connectivity index is 1.19. The van der Waals surface area contributed by atoms with Crippen LogP contribution in [0.15, 0.2) is 109 Å². The second-order valence-electron chi connectivity index (χ2n) is 8.86. The molecule has 0 N–H and O–H groups in total. The van der Waals surface area contributed by atoms with Crippen LogP contribution in [0.4, 0.5) is 0 Å². The van der Waals surface area contributed by atoms with Crippen molar-refractivity contribution in [2.75, 3.05) is 40.4 Å². The molecule has 4 rings (SSSR count). The molecule has 0 unspecified atom stereocenters. The summed E-state index contributed by atoms with van der Waals surface area (Å²) in [6.45, 7) is 3.17. The Morgan fingerprint density at radius 1 is 0.455 bits per heavy atom. The Morgan fingerprint density at radius 3 is 1.15 bits per heavy atom. The molecule has 0 aliphatic carbocycles. The molecule has 3 nitrogen and oxygen atoms in total. The van der Waals surface area contributed by atoms with Crippen molar-refractivity contribution in [3.05, 3.63) is 109 Å². The predicted octanol–water partition coefficient (Wildman–Crippen LogP) is 6.55. The topological polar surface area (TPSA) is 18.5 Å². The van der Waals surface area contributed by atoms with Crippen molar-refractivity contribution in [3.63, 3.8) is 0 Å². The van der Waals surface area contributed by atoms with Gasteiger partial charge in [0.25, 0.3) is 0 Å². The van der Waals surface area contributed by atoms with E-state index in [9.17, 15) is 0 Å². The zero-order chi connectivity index (χ0) is 22.9. The maximum Gasteiger partial charge on any atom is 0.137 e. The van der Waals surface area contributed by atoms with E-state index in [1.807, 2.05) is 36.4 Å². The van der Waals surface area contributed by atoms with E-state index < -0.39 is 0 Å². The molecule has 4 aromatic rings. The van der Waals surface area contributed by atoms with Gasteiger partial charge in [0, 0.05) is 0 Å². The molecule has 0 aliphatic rings.